The molecule has 0 fully saturated rings. The maximum absolute atomic E-state index is 3.99. The standard InChI is InChI=1S/C10H21N5/c1-3-5-6-7-8-15-10(9-11-4-2)12-13-14-15/h11H,3-9H2,1-2H3. The fourth-order valence-corrected chi connectivity index (χ4v) is 1.45. The summed E-state index contributed by atoms with van der Waals surface area (Å²) < 4.78 is 1.90. The number of tetrazole rings is 1. The number of aromatic nitrogens is 4. The molecule has 1 aromatic rings. The van der Waals surface area contributed by atoms with Gasteiger partial charge in [0.2, 0.25) is 0 Å². The molecule has 5 heteroatoms. The highest BCUT2D eigenvalue weighted by molar-refractivity contribution is 4.79. The van der Waals surface area contributed by atoms with E-state index in [1.807, 2.05) is 4.68 Å². The second kappa shape index (κ2) is 7.34. The average molecular weight is 211 g/mol. The molecule has 0 radical (unpaired) electrons. The van der Waals surface area contributed by atoms with Crippen molar-refractivity contribution >= 4 is 0 Å². The minimum atomic E-state index is 0.761. The van der Waals surface area contributed by atoms with Crippen molar-refractivity contribution in [3.8, 4) is 0 Å². The molecule has 0 spiro atoms. The Bertz CT molecular complexity index is 258. The number of hydrogen-bond acceptors (Lipinski definition) is 4. The van der Waals surface area contributed by atoms with Gasteiger partial charge in [-0.25, -0.2) is 4.68 Å². The van der Waals surface area contributed by atoms with E-state index in [9.17, 15) is 0 Å². The summed E-state index contributed by atoms with van der Waals surface area (Å²) in [6, 6.07) is 0. The second-order valence-electron chi connectivity index (χ2n) is 3.66. The van der Waals surface area contributed by atoms with Crippen molar-refractivity contribution in [3.63, 3.8) is 0 Å². The third-order valence-corrected chi connectivity index (χ3v) is 2.36. The largest absolute Gasteiger partial charge is 0.310 e. The summed E-state index contributed by atoms with van der Waals surface area (Å²) in [5.41, 5.74) is 0. The lowest BCUT2D eigenvalue weighted by atomic mass is 10.2. The Hall–Kier alpha value is -0.970. The molecule has 1 heterocycles. The van der Waals surface area contributed by atoms with Gasteiger partial charge in [0, 0.05) is 6.54 Å². The number of aryl methyl sites for hydroxylation is 1. The Morgan fingerprint density at radius 3 is 2.80 bits per heavy atom. The van der Waals surface area contributed by atoms with Gasteiger partial charge < -0.3 is 5.32 Å². The van der Waals surface area contributed by atoms with E-state index in [0.717, 1.165) is 31.9 Å². The van der Waals surface area contributed by atoms with Crippen molar-refractivity contribution in [2.24, 2.45) is 0 Å². The third-order valence-electron chi connectivity index (χ3n) is 2.36. The van der Waals surface area contributed by atoms with Crippen LogP contribution in [0.25, 0.3) is 0 Å². The summed E-state index contributed by atoms with van der Waals surface area (Å²) in [6.07, 6.45) is 4.99. The Kier molecular flexibility index (Phi) is 5.92. The van der Waals surface area contributed by atoms with Crippen LogP contribution in [-0.2, 0) is 13.1 Å². The van der Waals surface area contributed by atoms with Crippen LogP contribution in [0.3, 0.4) is 0 Å². The third kappa shape index (κ3) is 4.38. The monoisotopic (exact) mass is 211 g/mol. The van der Waals surface area contributed by atoms with Gasteiger partial charge in [0.15, 0.2) is 5.82 Å². The molecule has 1 N–H and O–H groups in total. The van der Waals surface area contributed by atoms with Crippen molar-refractivity contribution in [2.75, 3.05) is 6.54 Å². The lowest BCUT2D eigenvalue weighted by Crippen LogP contribution is -2.17. The van der Waals surface area contributed by atoms with Gasteiger partial charge in [0.1, 0.15) is 0 Å². The van der Waals surface area contributed by atoms with Gasteiger partial charge >= 0.3 is 0 Å². The summed E-state index contributed by atoms with van der Waals surface area (Å²) in [5, 5.41) is 14.9. The van der Waals surface area contributed by atoms with Crippen LogP contribution >= 0.6 is 0 Å². The van der Waals surface area contributed by atoms with Crippen molar-refractivity contribution in [1.82, 2.24) is 25.5 Å². The van der Waals surface area contributed by atoms with Crippen LogP contribution in [0, 0.1) is 0 Å². The number of unbranched alkanes of at least 4 members (excludes halogenated alkanes) is 3. The van der Waals surface area contributed by atoms with Gasteiger partial charge in [-0.15, -0.1) is 5.10 Å². The highest BCUT2D eigenvalue weighted by atomic mass is 15.5. The Labute approximate surface area is 91.2 Å². The van der Waals surface area contributed by atoms with E-state index in [1.54, 1.807) is 0 Å². The molecule has 0 aliphatic rings. The first kappa shape index (κ1) is 12.1. The van der Waals surface area contributed by atoms with Crippen molar-refractivity contribution in [1.29, 1.82) is 0 Å². The first-order valence-corrected chi connectivity index (χ1v) is 5.84. The zero-order valence-corrected chi connectivity index (χ0v) is 9.74. The van der Waals surface area contributed by atoms with Crippen LogP contribution in [0.2, 0.25) is 0 Å². The molecule has 0 saturated carbocycles. The van der Waals surface area contributed by atoms with Crippen LogP contribution in [0.1, 0.15) is 45.4 Å². The van der Waals surface area contributed by atoms with E-state index in [4.69, 9.17) is 0 Å². The summed E-state index contributed by atoms with van der Waals surface area (Å²) in [7, 11) is 0. The maximum Gasteiger partial charge on any atom is 0.165 e. The molecule has 0 aliphatic heterocycles. The lowest BCUT2D eigenvalue weighted by molar-refractivity contribution is 0.502. The summed E-state index contributed by atoms with van der Waals surface area (Å²) in [4.78, 5) is 0. The first-order valence-electron chi connectivity index (χ1n) is 5.84. The van der Waals surface area contributed by atoms with Crippen molar-refractivity contribution in [3.05, 3.63) is 5.82 Å². The van der Waals surface area contributed by atoms with Crippen LogP contribution in [-0.4, -0.2) is 26.8 Å². The first-order chi connectivity index (χ1) is 7.38. The number of nitrogens with zero attached hydrogens (tertiary/aromatic N) is 4. The normalized spacial score (nSPS) is 10.8. The summed E-state index contributed by atoms with van der Waals surface area (Å²) in [6.45, 7) is 6.94. The molecule has 5 nitrogen and oxygen atoms in total. The molecule has 1 rings (SSSR count). The zero-order chi connectivity index (χ0) is 10.9. The molecular formula is C10H21N5. The molecule has 86 valence electrons. The predicted octanol–water partition coefficient (Wildman–Crippen LogP) is 1.36. The van der Waals surface area contributed by atoms with E-state index in [0.29, 0.717) is 0 Å². The molecule has 1 aromatic heterocycles. The van der Waals surface area contributed by atoms with Gasteiger partial charge in [-0.05, 0) is 23.4 Å². The van der Waals surface area contributed by atoms with E-state index < -0.39 is 0 Å². The smallest absolute Gasteiger partial charge is 0.165 e. The fourth-order valence-electron chi connectivity index (χ4n) is 1.45. The van der Waals surface area contributed by atoms with Crippen LogP contribution in [0.15, 0.2) is 0 Å². The average Bonchev–Trinajstić information content (AvgIpc) is 2.69. The summed E-state index contributed by atoms with van der Waals surface area (Å²) in [5.74, 6) is 0.938. The molecule has 0 saturated heterocycles. The molecule has 0 aliphatic carbocycles. The van der Waals surface area contributed by atoms with E-state index in [-0.39, 0.29) is 0 Å². The molecular weight excluding hydrogens is 190 g/mol. The minimum Gasteiger partial charge on any atom is -0.310 e. The van der Waals surface area contributed by atoms with Gasteiger partial charge in [0.25, 0.3) is 0 Å². The molecule has 0 atom stereocenters. The van der Waals surface area contributed by atoms with Crippen LogP contribution < -0.4 is 5.32 Å². The Morgan fingerprint density at radius 2 is 2.07 bits per heavy atom. The maximum atomic E-state index is 3.99. The Balaban J connectivity index is 2.29. The number of rotatable bonds is 8. The van der Waals surface area contributed by atoms with Gasteiger partial charge in [0.05, 0.1) is 6.54 Å². The highest BCUT2D eigenvalue weighted by Crippen LogP contribution is 2.02. The van der Waals surface area contributed by atoms with E-state index in [1.165, 1.54) is 19.3 Å². The van der Waals surface area contributed by atoms with E-state index in [2.05, 4.69) is 34.7 Å². The quantitative estimate of drug-likeness (QED) is 0.660. The zero-order valence-electron chi connectivity index (χ0n) is 9.74. The second-order valence-corrected chi connectivity index (χ2v) is 3.66. The molecule has 0 aromatic carbocycles. The predicted molar refractivity (Wildman–Crippen MR) is 59.3 cm³/mol. The lowest BCUT2D eigenvalue weighted by Gasteiger charge is -2.04. The molecule has 0 bridgehead atoms. The van der Waals surface area contributed by atoms with Gasteiger partial charge in [-0.2, -0.15) is 0 Å². The van der Waals surface area contributed by atoms with Crippen LogP contribution in [0.5, 0.6) is 0 Å². The topological polar surface area (TPSA) is 55.6 Å². The van der Waals surface area contributed by atoms with Gasteiger partial charge in [-0.1, -0.05) is 33.1 Å². The Morgan fingerprint density at radius 1 is 1.20 bits per heavy atom. The number of hydrogen-bond donors (Lipinski definition) is 1. The highest BCUT2D eigenvalue weighted by Gasteiger charge is 2.03. The van der Waals surface area contributed by atoms with Gasteiger partial charge in [-0.3, -0.25) is 0 Å². The summed E-state index contributed by atoms with van der Waals surface area (Å²) >= 11 is 0. The minimum absolute atomic E-state index is 0.761. The van der Waals surface area contributed by atoms with Crippen molar-refractivity contribution < 1.29 is 0 Å². The van der Waals surface area contributed by atoms with Crippen molar-refractivity contribution in [2.45, 2.75) is 52.6 Å². The SMILES string of the molecule is CCCCCCn1nnnc1CNCC. The van der Waals surface area contributed by atoms with Crippen LogP contribution in [0.4, 0.5) is 0 Å². The van der Waals surface area contributed by atoms with E-state index >= 15 is 0 Å². The molecule has 0 amide bonds. The number of nitrogens with one attached hydrogen (secondary N) is 1. The molecule has 0 unspecified atom stereocenters. The fraction of sp³-hybridized carbons (Fsp3) is 0.900. The molecule has 15 heavy (non-hydrogen) atoms.